The van der Waals surface area contributed by atoms with E-state index in [0.29, 0.717) is 5.56 Å². The lowest BCUT2D eigenvalue weighted by Crippen LogP contribution is -2.60. The number of oxime groups is 1. The number of aliphatic hydroxyl groups excluding tert-OH is 3. The summed E-state index contributed by atoms with van der Waals surface area (Å²) in [7, 11) is 0. The smallest absolute Gasteiger partial charge is 0.335 e. The summed E-state index contributed by atoms with van der Waals surface area (Å²) < 4.78 is 4.88. The van der Waals surface area contributed by atoms with Gasteiger partial charge in [-0.25, -0.2) is 4.79 Å². The molecule has 0 spiro atoms. The fourth-order valence-electron chi connectivity index (χ4n) is 1.91. The van der Waals surface area contributed by atoms with Crippen molar-refractivity contribution in [3.8, 4) is 0 Å². The van der Waals surface area contributed by atoms with Crippen molar-refractivity contribution in [3.63, 3.8) is 0 Å². The molecule has 0 amide bonds. The van der Waals surface area contributed by atoms with E-state index >= 15 is 0 Å². The maximum Gasteiger partial charge on any atom is 0.335 e. The summed E-state index contributed by atoms with van der Waals surface area (Å²) in [5, 5.41) is 41.3. The number of aliphatic carboxylic acids is 1. The van der Waals surface area contributed by atoms with Gasteiger partial charge in [0.05, 0.1) is 0 Å². The van der Waals surface area contributed by atoms with Crippen LogP contribution in [0.25, 0.3) is 0 Å². The largest absolute Gasteiger partial charge is 0.479 e. The maximum atomic E-state index is 10.9. The van der Waals surface area contributed by atoms with Gasteiger partial charge in [0.2, 0.25) is 0 Å². The van der Waals surface area contributed by atoms with Gasteiger partial charge in [-0.15, -0.1) is 0 Å². The first-order valence-electron chi connectivity index (χ1n) is 6.39. The average Bonchev–Trinajstić information content (AvgIpc) is 2.52. The van der Waals surface area contributed by atoms with Gasteiger partial charge in [0, 0.05) is 5.56 Å². The van der Waals surface area contributed by atoms with Crippen LogP contribution in [0.4, 0.5) is 0 Å². The number of aliphatic hydroxyl groups is 3. The van der Waals surface area contributed by atoms with E-state index < -0.39 is 36.7 Å². The number of carboxylic acids is 1. The van der Waals surface area contributed by atoms with Crippen LogP contribution in [0.1, 0.15) is 5.56 Å². The minimum absolute atomic E-state index is 0.0242. The third kappa shape index (κ3) is 3.34. The van der Waals surface area contributed by atoms with E-state index in [1.165, 1.54) is 0 Å². The molecule has 1 saturated heterocycles. The standard InChI is InChI=1S/C13H16N2O7/c14-11(6-4-2-1-3-5-6)15-22-13-9(18)7(16)8(17)10(21-13)12(19)20/h1-5,7-10,13,16-18H,(H2,14,15)(H,19,20)/t7-,8-,9+,10-,13-/m0/s1. The number of rotatable bonds is 4. The Morgan fingerprint density at radius 1 is 1.14 bits per heavy atom. The Balaban J connectivity index is 2.09. The lowest BCUT2D eigenvalue weighted by molar-refractivity contribution is -0.294. The molecule has 0 aromatic heterocycles. The zero-order chi connectivity index (χ0) is 16.3. The third-order valence-electron chi connectivity index (χ3n) is 3.14. The first kappa shape index (κ1) is 16.2. The molecule has 1 aromatic rings. The van der Waals surface area contributed by atoms with Gasteiger partial charge in [0.1, 0.15) is 18.3 Å². The second kappa shape index (κ2) is 6.71. The summed E-state index contributed by atoms with van der Waals surface area (Å²) in [6, 6.07) is 8.56. The highest BCUT2D eigenvalue weighted by molar-refractivity contribution is 5.96. The Kier molecular flexibility index (Phi) is 4.93. The summed E-state index contributed by atoms with van der Waals surface area (Å²) in [6.45, 7) is 0. The maximum absolute atomic E-state index is 10.9. The monoisotopic (exact) mass is 312 g/mol. The first-order valence-corrected chi connectivity index (χ1v) is 6.39. The summed E-state index contributed by atoms with van der Waals surface area (Å²) in [4.78, 5) is 15.8. The molecule has 0 saturated carbocycles. The Labute approximate surface area is 125 Å². The molecule has 120 valence electrons. The molecule has 1 aromatic carbocycles. The molecule has 6 N–H and O–H groups in total. The van der Waals surface area contributed by atoms with Gasteiger partial charge in [0.25, 0.3) is 6.29 Å². The Morgan fingerprint density at radius 2 is 1.77 bits per heavy atom. The van der Waals surface area contributed by atoms with E-state index in [2.05, 4.69) is 5.16 Å². The fraction of sp³-hybridized carbons (Fsp3) is 0.385. The van der Waals surface area contributed by atoms with Crippen LogP contribution in [0.5, 0.6) is 0 Å². The van der Waals surface area contributed by atoms with Crippen molar-refractivity contribution in [2.75, 3.05) is 0 Å². The van der Waals surface area contributed by atoms with Crippen molar-refractivity contribution >= 4 is 11.8 Å². The van der Waals surface area contributed by atoms with E-state index in [-0.39, 0.29) is 5.84 Å². The van der Waals surface area contributed by atoms with Gasteiger partial charge in [-0.2, -0.15) is 0 Å². The van der Waals surface area contributed by atoms with E-state index in [1.807, 2.05) is 0 Å². The topological polar surface area (TPSA) is 155 Å². The van der Waals surface area contributed by atoms with Crippen LogP contribution in [-0.4, -0.2) is 62.9 Å². The van der Waals surface area contributed by atoms with Crippen LogP contribution in [0.2, 0.25) is 0 Å². The van der Waals surface area contributed by atoms with Crippen LogP contribution in [0.3, 0.4) is 0 Å². The Hall–Kier alpha value is -2.20. The quantitative estimate of drug-likeness (QED) is 0.248. The van der Waals surface area contributed by atoms with Crippen molar-refractivity contribution in [2.24, 2.45) is 10.9 Å². The zero-order valence-corrected chi connectivity index (χ0v) is 11.3. The van der Waals surface area contributed by atoms with E-state index in [1.54, 1.807) is 30.3 Å². The summed E-state index contributed by atoms with van der Waals surface area (Å²) in [6.07, 6.45) is -8.56. The SMILES string of the molecule is N/C(=N\O[C@@H]1O[C@H](C(=O)O)[C@@H](O)[C@H](O)[C@H]1O)c1ccccc1. The Morgan fingerprint density at radius 3 is 2.36 bits per heavy atom. The highest BCUT2D eigenvalue weighted by Gasteiger charge is 2.48. The summed E-state index contributed by atoms with van der Waals surface area (Å²) in [5.74, 6) is -1.53. The van der Waals surface area contributed by atoms with Gasteiger partial charge >= 0.3 is 5.97 Å². The Bertz CT molecular complexity index is 551. The van der Waals surface area contributed by atoms with E-state index in [4.69, 9.17) is 20.4 Å². The van der Waals surface area contributed by atoms with Crippen LogP contribution in [-0.2, 0) is 14.4 Å². The van der Waals surface area contributed by atoms with Crippen LogP contribution in [0.15, 0.2) is 35.5 Å². The van der Waals surface area contributed by atoms with Gasteiger partial charge in [-0.05, 0) is 0 Å². The molecule has 5 atom stereocenters. The number of nitrogens with zero attached hydrogens (tertiary/aromatic N) is 1. The van der Waals surface area contributed by atoms with Crippen LogP contribution >= 0.6 is 0 Å². The number of benzene rings is 1. The minimum Gasteiger partial charge on any atom is -0.479 e. The second-order valence-corrected chi connectivity index (χ2v) is 4.68. The van der Waals surface area contributed by atoms with Gasteiger partial charge in [0.15, 0.2) is 11.9 Å². The van der Waals surface area contributed by atoms with Crippen molar-refractivity contribution in [3.05, 3.63) is 35.9 Å². The predicted molar refractivity (Wildman–Crippen MR) is 72.6 cm³/mol. The molecule has 1 heterocycles. The molecule has 0 bridgehead atoms. The molecule has 0 aliphatic carbocycles. The number of hydrogen-bond donors (Lipinski definition) is 5. The molecule has 1 aliphatic heterocycles. The number of amidine groups is 1. The minimum atomic E-state index is -1.79. The van der Waals surface area contributed by atoms with Crippen molar-refractivity contribution in [1.29, 1.82) is 0 Å². The van der Waals surface area contributed by atoms with E-state index in [0.717, 1.165) is 0 Å². The van der Waals surface area contributed by atoms with Crippen molar-refractivity contribution in [2.45, 2.75) is 30.7 Å². The van der Waals surface area contributed by atoms with E-state index in [9.17, 15) is 20.1 Å². The molecule has 0 unspecified atom stereocenters. The van der Waals surface area contributed by atoms with Crippen molar-refractivity contribution in [1.82, 2.24) is 0 Å². The zero-order valence-electron chi connectivity index (χ0n) is 11.3. The molecular formula is C13H16N2O7. The molecular weight excluding hydrogens is 296 g/mol. The highest BCUT2D eigenvalue weighted by Crippen LogP contribution is 2.22. The number of carboxylic acid groups (broad SMARTS) is 1. The average molecular weight is 312 g/mol. The summed E-state index contributed by atoms with van der Waals surface area (Å²) in [5.41, 5.74) is 6.22. The molecule has 2 rings (SSSR count). The number of hydrogen-bond acceptors (Lipinski definition) is 7. The van der Waals surface area contributed by atoms with Gasteiger partial charge < -0.3 is 35.7 Å². The van der Waals surface area contributed by atoms with Crippen molar-refractivity contribution < 1.29 is 34.8 Å². The molecule has 1 aliphatic rings. The van der Waals surface area contributed by atoms with Gasteiger partial charge in [-0.1, -0.05) is 35.5 Å². The summed E-state index contributed by atoms with van der Waals surface area (Å²) >= 11 is 0. The molecule has 1 fully saturated rings. The highest BCUT2D eigenvalue weighted by atomic mass is 16.8. The fourth-order valence-corrected chi connectivity index (χ4v) is 1.91. The first-order chi connectivity index (χ1) is 10.4. The number of nitrogens with two attached hydrogens (primary N) is 1. The van der Waals surface area contributed by atoms with Crippen LogP contribution < -0.4 is 5.73 Å². The normalized spacial score (nSPS) is 32.5. The molecule has 0 radical (unpaired) electrons. The predicted octanol–water partition coefficient (Wildman–Crippen LogP) is -1.78. The third-order valence-corrected chi connectivity index (χ3v) is 3.14. The lowest BCUT2D eigenvalue weighted by Gasteiger charge is -2.37. The second-order valence-electron chi connectivity index (χ2n) is 4.68. The van der Waals surface area contributed by atoms with Crippen LogP contribution in [0, 0.1) is 0 Å². The number of carbonyl (C=O) groups is 1. The molecule has 22 heavy (non-hydrogen) atoms. The molecule has 9 nitrogen and oxygen atoms in total. The molecule has 9 heteroatoms. The van der Waals surface area contributed by atoms with Gasteiger partial charge in [-0.3, -0.25) is 0 Å². The lowest BCUT2D eigenvalue weighted by atomic mass is 9.99. The number of ether oxygens (including phenoxy) is 1.